The zero-order valence-electron chi connectivity index (χ0n) is 19.7. The predicted octanol–water partition coefficient (Wildman–Crippen LogP) is 6.16. The number of hydrogen-bond donors (Lipinski definition) is 1. The van der Waals surface area contributed by atoms with Crippen LogP contribution in [0, 0.1) is 11.8 Å². The summed E-state index contributed by atoms with van der Waals surface area (Å²) in [7, 11) is 0. The summed E-state index contributed by atoms with van der Waals surface area (Å²) in [5.74, 6) is -0.149. The van der Waals surface area contributed by atoms with Crippen molar-refractivity contribution in [3.63, 3.8) is 0 Å². The molecule has 0 spiro atoms. The first-order valence-electron chi connectivity index (χ1n) is 11.3. The molecule has 1 N–H and O–H groups in total. The van der Waals surface area contributed by atoms with Gasteiger partial charge in [-0.3, -0.25) is 0 Å². The molecule has 30 heavy (non-hydrogen) atoms. The third-order valence-electron chi connectivity index (χ3n) is 7.68. The third-order valence-corrected chi connectivity index (χ3v) is 7.68. The van der Waals surface area contributed by atoms with Gasteiger partial charge in [-0.15, -0.1) is 0 Å². The highest BCUT2D eigenvalue weighted by atomic mass is 16.5. The fourth-order valence-corrected chi connectivity index (χ4v) is 5.32. The summed E-state index contributed by atoms with van der Waals surface area (Å²) in [6.45, 7) is 17.1. The number of fused-ring (bicyclic) bond motifs is 1. The van der Waals surface area contributed by atoms with Crippen LogP contribution in [0.25, 0.3) is 0 Å². The van der Waals surface area contributed by atoms with E-state index < -0.39 is 5.97 Å². The fourth-order valence-electron chi connectivity index (χ4n) is 5.32. The second-order valence-corrected chi connectivity index (χ2v) is 10.7. The standard InChI is InChI=1S/C27H38O3/c1-8-30-17-23-21(11-9-18(2)15-24(28)29)27(23,7)19-10-12-20-22(16-19)26(5,6)14-13-25(20,3)4/h9-12,15-16,21,23H,8,13-14,17H2,1-7H3,(H,28,29)/t21-,23-,27+/m0/s1. The first-order valence-corrected chi connectivity index (χ1v) is 11.3. The number of carboxylic acids is 1. The highest BCUT2D eigenvalue weighted by molar-refractivity contribution is 5.81. The van der Waals surface area contributed by atoms with Crippen LogP contribution in [0.1, 0.15) is 78.0 Å². The lowest BCUT2D eigenvalue weighted by Crippen LogP contribution is -2.34. The number of allylic oxidation sites excluding steroid dienone is 3. The van der Waals surface area contributed by atoms with Crippen LogP contribution in [0.4, 0.5) is 0 Å². The highest BCUT2D eigenvalue weighted by Gasteiger charge is 2.60. The van der Waals surface area contributed by atoms with Crippen LogP contribution in [0.2, 0.25) is 0 Å². The van der Waals surface area contributed by atoms with E-state index in [4.69, 9.17) is 9.84 Å². The van der Waals surface area contributed by atoms with Crippen molar-refractivity contribution in [2.45, 2.75) is 77.6 Å². The maximum atomic E-state index is 10.9. The van der Waals surface area contributed by atoms with Crippen molar-refractivity contribution in [3.05, 3.63) is 58.7 Å². The zero-order valence-corrected chi connectivity index (χ0v) is 19.7. The minimum Gasteiger partial charge on any atom is -0.478 e. The van der Waals surface area contributed by atoms with Gasteiger partial charge in [0.15, 0.2) is 0 Å². The smallest absolute Gasteiger partial charge is 0.328 e. The van der Waals surface area contributed by atoms with Crippen LogP contribution >= 0.6 is 0 Å². The van der Waals surface area contributed by atoms with Crippen molar-refractivity contribution in [2.75, 3.05) is 13.2 Å². The van der Waals surface area contributed by atoms with Crippen LogP contribution < -0.4 is 0 Å². The molecule has 164 valence electrons. The molecule has 0 amide bonds. The molecule has 1 saturated carbocycles. The number of carboxylic acid groups (broad SMARTS) is 1. The molecule has 0 heterocycles. The van der Waals surface area contributed by atoms with Crippen molar-refractivity contribution in [2.24, 2.45) is 11.8 Å². The maximum Gasteiger partial charge on any atom is 0.328 e. The van der Waals surface area contributed by atoms with Crippen molar-refractivity contribution in [3.8, 4) is 0 Å². The summed E-state index contributed by atoms with van der Waals surface area (Å²) in [5.41, 5.74) is 5.54. The molecule has 1 aromatic rings. The summed E-state index contributed by atoms with van der Waals surface area (Å²) in [4.78, 5) is 10.9. The summed E-state index contributed by atoms with van der Waals surface area (Å²) >= 11 is 0. The van der Waals surface area contributed by atoms with Crippen LogP contribution in [0.5, 0.6) is 0 Å². The van der Waals surface area contributed by atoms with Gasteiger partial charge in [0.1, 0.15) is 0 Å². The van der Waals surface area contributed by atoms with Crippen molar-refractivity contribution < 1.29 is 14.6 Å². The lowest BCUT2D eigenvalue weighted by atomic mass is 9.62. The zero-order chi connectivity index (χ0) is 22.3. The fraction of sp³-hybridized carbons (Fsp3) is 0.593. The Balaban J connectivity index is 1.97. The Labute approximate surface area is 182 Å². The van der Waals surface area contributed by atoms with Gasteiger partial charge in [-0.1, -0.05) is 65.0 Å². The van der Waals surface area contributed by atoms with Gasteiger partial charge in [0.05, 0.1) is 6.61 Å². The van der Waals surface area contributed by atoms with Gasteiger partial charge < -0.3 is 9.84 Å². The molecule has 0 unspecified atom stereocenters. The molecular formula is C27H38O3. The average Bonchev–Trinajstić information content (AvgIpc) is 3.25. The van der Waals surface area contributed by atoms with Gasteiger partial charge in [-0.2, -0.15) is 0 Å². The van der Waals surface area contributed by atoms with Gasteiger partial charge in [-0.25, -0.2) is 4.79 Å². The molecule has 0 aliphatic heterocycles. The monoisotopic (exact) mass is 410 g/mol. The molecule has 3 nitrogen and oxygen atoms in total. The Morgan fingerprint density at radius 2 is 1.77 bits per heavy atom. The first-order chi connectivity index (χ1) is 13.9. The number of ether oxygens (including phenoxy) is 1. The first kappa shape index (κ1) is 22.8. The molecule has 3 heteroatoms. The molecule has 1 aromatic carbocycles. The molecule has 1 fully saturated rings. The average molecular weight is 411 g/mol. The Morgan fingerprint density at radius 3 is 2.37 bits per heavy atom. The van der Waals surface area contributed by atoms with E-state index in [1.54, 1.807) is 0 Å². The summed E-state index contributed by atoms with van der Waals surface area (Å²) in [5, 5.41) is 8.99. The topological polar surface area (TPSA) is 46.5 Å². The molecule has 2 aliphatic rings. The number of benzene rings is 1. The van der Waals surface area contributed by atoms with Gasteiger partial charge in [0, 0.05) is 18.1 Å². The van der Waals surface area contributed by atoms with E-state index >= 15 is 0 Å². The van der Waals surface area contributed by atoms with Gasteiger partial charge in [0.25, 0.3) is 0 Å². The van der Waals surface area contributed by atoms with E-state index in [0.29, 0.717) is 18.4 Å². The summed E-state index contributed by atoms with van der Waals surface area (Å²) in [6, 6.07) is 7.15. The molecule has 0 radical (unpaired) electrons. The third kappa shape index (κ3) is 4.14. The van der Waals surface area contributed by atoms with E-state index in [1.807, 2.05) is 19.9 Å². The molecule has 0 bridgehead atoms. The largest absolute Gasteiger partial charge is 0.478 e. The lowest BCUT2D eigenvalue weighted by Gasteiger charge is -2.42. The quantitative estimate of drug-likeness (QED) is 0.432. The SMILES string of the molecule is CCOC[C@H]1[C@H](C=CC(C)=CC(=O)O)[C@@]1(C)c1ccc2c(c1)C(C)(C)CCC2(C)C. The molecule has 0 aromatic heterocycles. The normalized spacial score (nSPS) is 29.6. The molecule has 2 aliphatic carbocycles. The second-order valence-electron chi connectivity index (χ2n) is 10.7. The van der Waals surface area contributed by atoms with E-state index in [0.717, 1.165) is 12.2 Å². The molecule has 3 atom stereocenters. The lowest BCUT2D eigenvalue weighted by molar-refractivity contribution is -0.131. The maximum absolute atomic E-state index is 10.9. The van der Waals surface area contributed by atoms with Crippen LogP contribution in [-0.2, 0) is 25.8 Å². The summed E-state index contributed by atoms with van der Waals surface area (Å²) in [6.07, 6.45) is 7.83. The minimum absolute atomic E-state index is 0.0157. The minimum atomic E-state index is -0.902. The highest BCUT2D eigenvalue weighted by Crippen LogP contribution is 2.61. The van der Waals surface area contributed by atoms with E-state index in [9.17, 15) is 4.79 Å². The number of hydrogen-bond acceptors (Lipinski definition) is 2. The predicted molar refractivity (Wildman–Crippen MR) is 123 cm³/mol. The van der Waals surface area contributed by atoms with E-state index in [2.05, 4.69) is 58.9 Å². The number of carbonyl (C=O) groups is 1. The Morgan fingerprint density at radius 1 is 1.13 bits per heavy atom. The molecule has 0 saturated heterocycles. The summed E-state index contributed by atoms with van der Waals surface area (Å²) < 4.78 is 5.82. The number of aliphatic carboxylic acids is 1. The Hall–Kier alpha value is -1.87. The Kier molecular flexibility index (Phi) is 6.08. The van der Waals surface area contributed by atoms with Crippen LogP contribution in [-0.4, -0.2) is 24.3 Å². The van der Waals surface area contributed by atoms with E-state index in [-0.39, 0.29) is 16.2 Å². The number of rotatable bonds is 7. The van der Waals surface area contributed by atoms with E-state index in [1.165, 1.54) is 35.6 Å². The van der Waals surface area contributed by atoms with Gasteiger partial charge in [-0.05, 0) is 71.6 Å². The Bertz CT molecular complexity index is 874. The molecule has 3 rings (SSSR count). The van der Waals surface area contributed by atoms with Gasteiger partial charge >= 0.3 is 5.97 Å². The second kappa shape index (κ2) is 8.00. The van der Waals surface area contributed by atoms with Crippen LogP contribution in [0.15, 0.2) is 42.0 Å². The van der Waals surface area contributed by atoms with Crippen molar-refractivity contribution >= 4 is 5.97 Å². The van der Waals surface area contributed by atoms with Gasteiger partial charge in [0.2, 0.25) is 0 Å². The van der Waals surface area contributed by atoms with Crippen LogP contribution in [0.3, 0.4) is 0 Å². The van der Waals surface area contributed by atoms with Crippen molar-refractivity contribution in [1.29, 1.82) is 0 Å². The van der Waals surface area contributed by atoms with Crippen molar-refractivity contribution in [1.82, 2.24) is 0 Å². The molecular weight excluding hydrogens is 372 g/mol.